The largest absolute Gasteiger partial charge is 0.490 e. The monoisotopic (exact) mass is 335 g/mol. The zero-order valence-corrected chi connectivity index (χ0v) is 12.9. The first-order valence-corrected chi connectivity index (χ1v) is 7.11. The second kappa shape index (κ2) is 7.69. The van der Waals surface area contributed by atoms with E-state index >= 15 is 0 Å². The molecular weight excluding hydrogens is 325 g/mol. The maximum atomic E-state index is 11.9. The molecule has 0 aromatic heterocycles. The van der Waals surface area contributed by atoms with Crippen LogP contribution in [0.4, 0.5) is 0 Å². The lowest BCUT2D eigenvalue weighted by atomic mass is 10.2. The van der Waals surface area contributed by atoms with Gasteiger partial charge in [-0.25, -0.2) is 4.79 Å². The Morgan fingerprint density at radius 3 is 2.27 bits per heavy atom. The smallest absolute Gasteiger partial charge is 0.341 e. The summed E-state index contributed by atoms with van der Waals surface area (Å²) in [5.41, 5.74) is 0.691. The minimum absolute atomic E-state index is 0.0559. The Labute approximate surface area is 137 Å². The van der Waals surface area contributed by atoms with Crippen molar-refractivity contribution in [1.29, 1.82) is 5.26 Å². The minimum Gasteiger partial charge on any atom is -0.490 e. The zero-order chi connectivity index (χ0) is 15.9. The van der Waals surface area contributed by atoms with Gasteiger partial charge in [0.25, 0.3) is 0 Å². The summed E-state index contributed by atoms with van der Waals surface area (Å²) in [6.45, 7) is 0.236. The van der Waals surface area contributed by atoms with Crippen LogP contribution in [0.15, 0.2) is 42.5 Å². The minimum atomic E-state index is -0.598. The average molecular weight is 336 g/mol. The third-order valence-electron chi connectivity index (χ3n) is 2.74. The first-order valence-electron chi connectivity index (χ1n) is 6.36. The van der Waals surface area contributed by atoms with E-state index in [-0.39, 0.29) is 28.8 Å². The van der Waals surface area contributed by atoms with Gasteiger partial charge in [0.1, 0.15) is 19.0 Å². The highest BCUT2D eigenvalue weighted by molar-refractivity contribution is 6.39. The van der Waals surface area contributed by atoms with E-state index in [1.807, 2.05) is 6.07 Å². The van der Waals surface area contributed by atoms with E-state index < -0.39 is 5.97 Å². The molecule has 0 fully saturated rings. The van der Waals surface area contributed by atoms with Crippen molar-refractivity contribution in [1.82, 2.24) is 0 Å². The highest BCUT2D eigenvalue weighted by atomic mass is 35.5. The summed E-state index contributed by atoms with van der Waals surface area (Å²) >= 11 is 11.8. The summed E-state index contributed by atoms with van der Waals surface area (Å²) in [6, 6.07) is 13.4. The van der Waals surface area contributed by atoms with Gasteiger partial charge >= 0.3 is 5.97 Å². The molecule has 0 aliphatic rings. The molecule has 0 aliphatic heterocycles. The van der Waals surface area contributed by atoms with Gasteiger partial charge in [-0.15, -0.1) is 0 Å². The number of halogens is 2. The first kappa shape index (κ1) is 16.2. The summed E-state index contributed by atoms with van der Waals surface area (Å²) in [6.07, 6.45) is 0. The Kier molecular flexibility index (Phi) is 5.65. The average Bonchev–Trinajstić information content (AvgIpc) is 2.52. The third-order valence-corrected chi connectivity index (χ3v) is 3.37. The van der Waals surface area contributed by atoms with Gasteiger partial charge in [-0.3, -0.25) is 0 Å². The molecule has 2 rings (SSSR count). The van der Waals surface area contributed by atoms with E-state index in [1.54, 1.807) is 42.5 Å². The molecule has 0 radical (unpaired) electrons. The predicted molar refractivity (Wildman–Crippen MR) is 83.4 cm³/mol. The fraction of sp³-hybridized carbons (Fsp3) is 0.125. The van der Waals surface area contributed by atoms with E-state index in [0.29, 0.717) is 11.3 Å². The number of esters is 1. The van der Waals surface area contributed by atoms with Gasteiger partial charge in [0.15, 0.2) is 0 Å². The van der Waals surface area contributed by atoms with Crippen LogP contribution in [0.5, 0.6) is 5.75 Å². The number of ether oxygens (including phenoxy) is 2. The number of nitrogens with zero attached hydrogens (tertiary/aromatic N) is 1. The molecule has 0 saturated heterocycles. The SMILES string of the molecule is N#Cc1ccc(OCCOC(=O)c2c(Cl)cccc2Cl)cc1. The van der Waals surface area contributed by atoms with Crippen molar-refractivity contribution in [3.63, 3.8) is 0 Å². The maximum Gasteiger partial charge on any atom is 0.341 e. The third kappa shape index (κ3) is 4.14. The summed E-state index contributed by atoms with van der Waals surface area (Å²) in [4.78, 5) is 11.9. The molecule has 0 saturated carbocycles. The molecule has 22 heavy (non-hydrogen) atoms. The van der Waals surface area contributed by atoms with Gasteiger partial charge < -0.3 is 9.47 Å². The van der Waals surface area contributed by atoms with Crippen LogP contribution in [0, 0.1) is 11.3 Å². The highest BCUT2D eigenvalue weighted by Crippen LogP contribution is 2.24. The number of rotatable bonds is 5. The molecule has 0 aliphatic carbocycles. The Hall–Kier alpha value is -2.22. The summed E-state index contributed by atoms with van der Waals surface area (Å²) in [7, 11) is 0. The molecule has 0 spiro atoms. The maximum absolute atomic E-state index is 11.9. The van der Waals surface area contributed by atoms with Crippen LogP contribution in [0.3, 0.4) is 0 Å². The van der Waals surface area contributed by atoms with Crippen molar-refractivity contribution >= 4 is 29.2 Å². The van der Waals surface area contributed by atoms with E-state index in [4.69, 9.17) is 37.9 Å². The second-order valence-corrected chi connectivity index (χ2v) is 5.03. The Morgan fingerprint density at radius 2 is 1.68 bits per heavy atom. The van der Waals surface area contributed by atoms with Crippen LogP contribution in [0.25, 0.3) is 0 Å². The van der Waals surface area contributed by atoms with Crippen molar-refractivity contribution in [2.75, 3.05) is 13.2 Å². The number of carbonyl (C=O) groups excluding carboxylic acids is 1. The second-order valence-electron chi connectivity index (χ2n) is 4.22. The predicted octanol–water partition coefficient (Wildman–Crippen LogP) is 4.10. The van der Waals surface area contributed by atoms with Crippen LogP contribution < -0.4 is 4.74 Å². The fourth-order valence-corrected chi connectivity index (χ4v) is 2.24. The molecule has 0 N–H and O–H groups in total. The lowest BCUT2D eigenvalue weighted by Gasteiger charge is -2.09. The van der Waals surface area contributed by atoms with Gasteiger partial charge in [-0.2, -0.15) is 5.26 Å². The van der Waals surface area contributed by atoms with Crippen LogP contribution in [0.1, 0.15) is 15.9 Å². The molecule has 0 heterocycles. The van der Waals surface area contributed by atoms with E-state index in [2.05, 4.69) is 0 Å². The normalized spacial score (nSPS) is 9.86. The van der Waals surface area contributed by atoms with Gasteiger partial charge in [0.05, 0.1) is 27.2 Å². The molecule has 6 heteroatoms. The molecule has 2 aromatic rings. The molecule has 112 valence electrons. The lowest BCUT2D eigenvalue weighted by Crippen LogP contribution is -2.13. The van der Waals surface area contributed by atoms with Crippen molar-refractivity contribution in [3.05, 3.63) is 63.6 Å². The number of hydrogen-bond acceptors (Lipinski definition) is 4. The van der Waals surface area contributed by atoms with Gasteiger partial charge in [-0.05, 0) is 36.4 Å². The molecule has 2 aromatic carbocycles. The first-order chi connectivity index (χ1) is 10.6. The molecule has 0 amide bonds. The fourth-order valence-electron chi connectivity index (χ4n) is 1.68. The number of nitriles is 1. The van der Waals surface area contributed by atoms with E-state index in [9.17, 15) is 4.79 Å². The van der Waals surface area contributed by atoms with E-state index in [0.717, 1.165) is 0 Å². The lowest BCUT2D eigenvalue weighted by molar-refractivity contribution is 0.0451. The van der Waals surface area contributed by atoms with Crippen molar-refractivity contribution in [2.24, 2.45) is 0 Å². The molecule has 4 nitrogen and oxygen atoms in total. The van der Waals surface area contributed by atoms with Crippen molar-refractivity contribution in [3.8, 4) is 11.8 Å². The molecule has 0 bridgehead atoms. The van der Waals surface area contributed by atoms with Gasteiger partial charge in [0.2, 0.25) is 0 Å². The number of carbonyl (C=O) groups is 1. The molecule has 0 unspecified atom stereocenters. The molecule has 0 atom stereocenters. The number of hydrogen-bond donors (Lipinski definition) is 0. The highest BCUT2D eigenvalue weighted by Gasteiger charge is 2.15. The van der Waals surface area contributed by atoms with Crippen LogP contribution in [-0.4, -0.2) is 19.2 Å². The van der Waals surface area contributed by atoms with Crippen LogP contribution >= 0.6 is 23.2 Å². The Balaban J connectivity index is 1.83. The van der Waals surface area contributed by atoms with Crippen molar-refractivity contribution < 1.29 is 14.3 Å². The quantitative estimate of drug-likeness (QED) is 0.609. The zero-order valence-electron chi connectivity index (χ0n) is 11.4. The summed E-state index contributed by atoms with van der Waals surface area (Å²) in [5.74, 6) is -0.00940. The van der Waals surface area contributed by atoms with Crippen molar-refractivity contribution in [2.45, 2.75) is 0 Å². The summed E-state index contributed by atoms with van der Waals surface area (Å²) in [5, 5.41) is 9.17. The standard InChI is InChI=1S/C16H11Cl2NO3/c17-13-2-1-3-14(18)15(13)16(20)22-9-8-21-12-6-4-11(10-19)5-7-12/h1-7H,8-9H2. The van der Waals surface area contributed by atoms with Crippen LogP contribution in [-0.2, 0) is 4.74 Å². The Morgan fingerprint density at radius 1 is 1.05 bits per heavy atom. The topological polar surface area (TPSA) is 59.3 Å². The number of benzene rings is 2. The van der Waals surface area contributed by atoms with Gasteiger partial charge in [0, 0.05) is 0 Å². The van der Waals surface area contributed by atoms with Gasteiger partial charge in [-0.1, -0.05) is 29.3 Å². The Bertz CT molecular complexity index is 688. The van der Waals surface area contributed by atoms with Crippen LogP contribution in [0.2, 0.25) is 10.0 Å². The summed E-state index contributed by atoms with van der Waals surface area (Å²) < 4.78 is 10.5. The molecular formula is C16H11Cl2NO3. The van der Waals surface area contributed by atoms with E-state index in [1.165, 1.54) is 0 Å².